The number of halogens is 2. The third-order valence-electron chi connectivity index (χ3n) is 9.11. The summed E-state index contributed by atoms with van der Waals surface area (Å²) in [4.78, 5) is 18.6. The van der Waals surface area contributed by atoms with Gasteiger partial charge in [-0.3, -0.25) is 0 Å². The number of aryl methyl sites for hydroxylation is 1. The van der Waals surface area contributed by atoms with Crippen LogP contribution in [0.1, 0.15) is 74.6 Å². The van der Waals surface area contributed by atoms with Crippen molar-refractivity contribution in [2.75, 3.05) is 5.01 Å². The lowest BCUT2D eigenvalue weighted by atomic mass is 9.77. The van der Waals surface area contributed by atoms with Crippen molar-refractivity contribution in [3.05, 3.63) is 117 Å². The highest BCUT2D eigenvalue weighted by atomic mass is 32.1. The zero-order chi connectivity index (χ0) is 32.5. The molecule has 0 spiro atoms. The van der Waals surface area contributed by atoms with Gasteiger partial charge in [0, 0.05) is 23.6 Å². The second kappa shape index (κ2) is 13.2. The third kappa shape index (κ3) is 6.37. The number of phenols is 1. The number of rotatable bonds is 9. The Bertz CT molecular complexity index is 2030. The second-order valence-corrected chi connectivity index (χ2v) is 13.3. The maximum Gasteiger partial charge on any atom is 0.345 e. The first kappa shape index (κ1) is 31.0. The van der Waals surface area contributed by atoms with Crippen LogP contribution in [0.15, 0.2) is 92.8 Å². The van der Waals surface area contributed by atoms with E-state index in [1.165, 1.54) is 41.7 Å². The van der Waals surface area contributed by atoms with E-state index in [1.807, 2.05) is 17.1 Å². The fourth-order valence-corrected chi connectivity index (χ4v) is 7.63. The van der Waals surface area contributed by atoms with Crippen molar-refractivity contribution >= 4 is 39.2 Å². The summed E-state index contributed by atoms with van der Waals surface area (Å²) in [6.07, 6.45) is 11.5. The average molecular weight is 652 g/mol. The Hall–Kier alpha value is -4.63. The van der Waals surface area contributed by atoms with Gasteiger partial charge in [0.05, 0.1) is 22.2 Å². The van der Waals surface area contributed by atoms with Crippen LogP contribution in [0.4, 0.5) is 13.9 Å². The minimum atomic E-state index is -0.510. The summed E-state index contributed by atoms with van der Waals surface area (Å²) in [7, 11) is 0. The lowest BCUT2D eigenvalue weighted by Crippen LogP contribution is -2.28. The molecule has 0 bridgehead atoms. The van der Waals surface area contributed by atoms with Gasteiger partial charge < -0.3 is 9.52 Å². The van der Waals surface area contributed by atoms with E-state index in [1.54, 1.807) is 30.5 Å². The zero-order valence-electron chi connectivity index (χ0n) is 26.1. The Labute approximate surface area is 275 Å². The van der Waals surface area contributed by atoms with E-state index in [-0.39, 0.29) is 29.3 Å². The summed E-state index contributed by atoms with van der Waals surface area (Å²) in [6.45, 7) is 2.17. The number of benzene rings is 3. The van der Waals surface area contributed by atoms with Gasteiger partial charge in [0.1, 0.15) is 23.0 Å². The molecule has 0 radical (unpaired) electrons. The number of fused-ring (bicyclic) bond motifs is 2. The molecular weight excluding hydrogens is 616 g/mol. The Balaban J connectivity index is 1.25. The highest BCUT2D eigenvalue weighted by Crippen LogP contribution is 2.47. The molecule has 1 aliphatic carbocycles. The molecule has 1 fully saturated rings. The van der Waals surface area contributed by atoms with E-state index < -0.39 is 5.63 Å². The Morgan fingerprint density at radius 1 is 1.02 bits per heavy atom. The molecule has 0 amide bonds. The molecule has 2 atom stereocenters. The summed E-state index contributed by atoms with van der Waals surface area (Å²) < 4.78 is 33.3. The number of phenolic OH excluding ortho intramolecular Hbond substituents is 1. The molecular formula is C38H35F2N3O3S. The summed E-state index contributed by atoms with van der Waals surface area (Å²) in [6, 6.07) is 18.0. The maximum atomic E-state index is 14.0. The van der Waals surface area contributed by atoms with Crippen molar-refractivity contribution in [2.45, 2.75) is 64.3 Å². The number of hydrogen-bond acceptors (Lipinski definition) is 7. The molecule has 2 unspecified atom stereocenters. The number of anilines is 1. The first-order valence-corrected chi connectivity index (χ1v) is 17.0. The van der Waals surface area contributed by atoms with Crippen LogP contribution in [0.5, 0.6) is 5.75 Å². The lowest BCUT2D eigenvalue weighted by Gasteiger charge is -2.29. The molecule has 1 N–H and O–H groups in total. The van der Waals surface area contributed by atoms with E-state index in [9.17, 15) is 18.7 Å². The molecule has 1 aliphatic heterocycles. The third-order valence-corrected chi connectivity index (χ3v) is 10.1. The lowest BCUT2D eigenvalue weighted by molar-refractivity contribution is 0.464. The number of aromatic nitrogens is 1. The first-order valence-electron chi connectivity index (χ1n) is 16.2. The number of hydrogen-bond donors (Lipinski definition) is 1. The normalized spacial score (nSPS) is 18.6. The second-order valence-electron chi connectivity index (χ2n) is 12.3. The van der Waals surface area contributed by atoms with Gasteiger partial charge in [-0.05, 0) is 96.8 Å². The predicted octanol–water partition coefficient (Wildman–Crippen LogP) is 9.82. The van der Waals surface area contributed by atoms with E-state index in [0.29, 0.717) is 21.2 Å². The summed E-state index contributed by atoms with van der Waals surface area (Å²) in [5.41, 5.74) is 4.91. The number of allylic oxidation sites excluding steroid dienone is 1. The molecule has 6 nitrogen and oxygen atoms in total. The summed E-state index contributed by atoms with van der Waals surface area (Å²) in [5.74, 6) is -0.408. The van der Waals surface area contributed by atoms with E-state index >= 15 is 0 Å². The molecule has 2 aliphatic rings. The molecule has 240 valence electrons. The zero-order valence-corrected chi connectivity index (χ0v) is 26.9. The Kier molecular flexibility index (Phi) is 8.73. The number of thiazole rings is 1. The van der Waals surface area contributed by atoms with Crippen LogP contribution < -0.4 is 10.6 Å². The number of hydrazone groups is 1. The highest BCUT2D eigenvalue weighted by Gasteiger charge is 2.43. The van der Waals surface area contributed by atoms with Crippen molar-refractivity contribution in [1.29, 1.82) is 0 Å². The Morgan fingerprint density at radius 3 is 2.55 bits per heavy atom. The van der Waals surface area contributed by atoms with Crippen LogP contribution >= 0.6 is 11.3 Å². The van der Waals surface area contributed by atoms with Crippen LogP contribution in [0.2, 0.25) is 0 Å². The van der Waals surface area contributed by atoms with Crippen LogP contribution in [0, 0.1) is 17.6 Å². The fraction of sp³-hybridized carbons (Fsp3) is 0.289. The average Bonchev–Trinajstić information content (AvgIpc) is 3.71. The SMILES string of the molecule is CCCCCCc1cc2cc(-c3cnc(N4N=C5C(=Cc6ccc(F)cc6)CCCC5C4c4ccc(F)cc4)s3)c(=O)oc2cc1O. The molecule has 47 heavy (non-hydrogen) atoms. The number of unbranched alkanes of at least 4 members (excludes halogenated alkanes) is 3. The van der Waals surface area contributed by atoms with Crippen molar-refractivity contribution in [2.24, 2.45) is 11.0 Å². The molecule has 1 saturated carbocycles. The van der Waals surface area contributed by atoms with Crippen LogP contribution in [-0.4, -0.2) is 15.8 Å². The van der Waals surface area contributed by atoms with Gasteiger partial charge in [-0.25, -0.2) is 23.6 Å². The van der Waals surface area contributed by atoms with Gasteiger partial charge in [0.25, 0.3) is 0 Å². The standard InChI is InChI=1S/C38H35F2N3O3S/c1-2-3-4-5-7-25-19-27-20-31(37(45)46-33(27)21-32(25)44)34-22-41-38(47-34)43-36(24-12-16-29(40)17-13-24)30-9-6-8-26(35(30)42-43)18-23-10-14-28(39)15-11-23/h10-22,30,36,44H,2-9H2,1H3. The smallest absolute Gasteiger partial charge is 0.345 e. The molecule has 7 rings (SSSR count). The van der Waals surface area contributed by atoms with Crippen molar-refractivity contribution < 1.29 is 18.3 Å². The fourth-order valence-electron chi connectivity index (χ4n) is 6.72. The largest absolute Gasteiger partial charge is 0.508 e. The van der Waals surface area contributed by atoms with E-state index in [4.69, 9.17) is 14.5 Å². The number of aromatic hydroxyl groups is 1. The van der Waals surface area contributed by atoms with Crippen molar-refractivity contribution in [3.8, 4) is 16.2 Å². The topological polar surface area (TPSA) is 78.9 Å². The molecule has 5 aromatic rings. The van der Waals surface area contributed by atoms with Gasteiger partial charge in [0.15, 0.2) is 0 Å². The van der Waals surface area contributed by atoms with Gasteiger partial charge in [-0.2, -0.15) is 5.10 Å². The van der Waals surface area contributed by atoms with E-state index in [0.717, 1.165) is 84.7 Å². The van der Waals surface area contributed by atoms with Crippen LogP contribution in [0.25, 0.3) is 27.5 Å². The molecule has 3 heterocycles. The summed E-state index contributed by atoms with van der Waals surface area (Å²) >= 11 is 1.35. The van der Waals surface area contributed by atoms with Gasteiger partial charge in [-0.15, -0.1) is 0 Å². The van der Waals surface area contributed by atoms with Crippen molar-refractivity contribution in [3.63, 3.8) is 0 Å². The first-order chi connectivity index (χ1) is 22.9. The predicted molar refractivity (Wildman–Crippen MR) is 184 cm³/mol. The van der Waals surface area contributed by atoms with Gasteiger partial charge in [0.2, 0.25) is 5.13 Å². The molecule has 9 heteroatoms. The maximum absolute atomic E-state index is 14.0. The minimum absolute atomic E-state index is 0.0439. The monoisotopic (exact) mass is 651 g/mol. The van der Waals surface area contributed by atoms with Crippen LogP contribution in [0.3, 0.4) is 0 Å². The summed E-state index contributed by atoms with van der Waals surface area (Å²) in [5, 5.41) is 19.0. The van der Waals surface area contributed by atoms with Gasteiger partial charge in [-0.1, -0.05) is 61.8 Å². The van der Waals surface area contributed by atoms with Crippen molar-refractivity contribution in [1.82, 2.24) is 4.98 Å². The molecule has 2 aromatic heterocycles. The minimum Gasteiger partial charge on any atom is -0.508 e. The number of nitrogens with zero attached hydrogens (tertiary/aromatic N) is 3. The van der Waals surface area contributed by atoms with Crippen LogP contribution in [-0.2, 0) is 6.42 Å². The molecule has 3 aromatic carbocycles. The quantitative estimate of drug-likeness (QED) is 0.127. The molecule has 0 saturated heterocycles. The highest BCUT2D eigenvalue weighted by molar-refractivity contribution is 7.18. The van der Waals surface area contributed by atoms with E-state index in [2.05, 4.69) is 13.0 Å². The van der Waals surface area contributed by atoms with Gasteiger partial charge >= 0.3 is 5.63 Å². The Morgan fingerprint density at radius 2 is 1.79 bits per heavy atom.